The number of hydrogen-bond acceptors (Lipinski definition) is 1. The topological polar surface area (TPSA) is 20.2 Å². The van der Waals surface area contributed by atoms with E-state index < -0.39 is 0 Å². The SMILES string of the molecule is C[N+](C)(C)/C=C/c1ccc(O)cc1. The number of phenolic OH excluding ortho intramolecular Hbond substituents is 1. The van der Waals surface area contributed by atoms with Crippen molar-refractivity contribution < 1.29 is 9.59 Å². The Morgan fingerprint density at radius 1 is 1.08 bits per heavy atom. The first-order valence-corrected chi connectivity index (χ1v) is 4.27. The van der Waals surface area contributed by atoms with Crippen LogP contribution in [0.2, 0.25) is 0 Å². The molecular weight excluding hydrogens is 162 g/mol. The molecule has 0 spiro atoms. The zero-order valence-electron chi connectivity index (χ0n) is 8.36. The zero-order chi connectivity index (χ0) is 9.90. The Morgan fingerprint density at radius 2 is 1.62 bits per heavy atom. The van der Waals surface area contributed by atoms with Crippen LogP contribution in [0.15, 0.2) is 30.5 Å². The van der Waals surface area contributed by atoms with Crippen molar-refractivity contribution in [2.75, 3.05) is 21.1 Å². The summed E-state index contributed by atoms with van der Waals surface area (Å²) in [7, 11) is 6.28. The highest BCUT2D eigenvalue weighted by atomic mass is 16.3. The van der Waals surface area contributed by atoms with Crippen LogP contribution < -0.4 is 0 Å². The van der Waals surface area contributed by atoms with Crippen LogP contribution in [0.25, 0.3) is 6.08 Å². The fourth-order valence-electron chi connectivity index (χ4n) is 0.895. The number of benzene rings is 1. The molecule has 0 heterocycles. The van der Waals surface area contributed by atoms with Gasteiger partial charge >= 0.3 is 0 Å². The molecule has 2 nitrogen and oxygen atoms in total. The van der Waals surface area contributed by atoms with Crippen molar-refractivity contribution in [2.24, 2.45) is 0 Å². The van der Waals surface area contributed by atoms with E-state index in [0.717, 1.165) is 10.0 Å². The van der Waals surface area contributed by atoms with Crippen LogP contribution in [-0.2, 0) is 0 Å². The molecule has 70 valence electrons. The van der Waals surface area contributed by atoms with Crippen LogP contribution in [0.3, 0.4) is 0 Å². The fraction of sp³-hybridized carbons (Fsp3) is 0.273. The summed E-state index contributed by atoms with van der Waals surface area (Å²) in [4.78, 5) is 0. The molecule has 0 radical (unpaired) electrons. The van der Waals surface area contributed by atoms with Gasteiger partial charge in [0, 0.05) is 0 Å². The van der Waals surface area contributed by atoms with Gasteiger partial charge in [0.05, 0.1) is 27.3 Å². The van der Waals surface area contributed by atoms with E-state index in [4.69, 9.17) is 5.11 Å². The largest absolute Gasteiger partial charge is 0.508 e. The zero-order valence-corrected chi connectivity index (χ0v) is 8.36. The molecule has 1 rings (SSSR count). The third-order valence-electron chi connectivity index (χ3n) is 1.61. The summed E-state index contributed by atoms with van der Waals surface area (Å²) in [5.41, 5.74) is 1.10. The average Bonchev–Trinajstić information content (AvgIpc) is 2.02. The maximum Gasteiger partial charge on any atom is 0.115 e. The molecule has 0 aromatic heterocycles. The van der Waals surface area contributed by atoms with Crippen molar-refractivity contribution >= 4 is 6.08 Å². The standard InChI is InChI=1S/C11H15NO/c1-12(2,3)9-8-10-4-6-11(13)7-5-10/h4-9H,1-3H3/p+1/b9-8+. The smallest absolute Gasteiger partial charge is 0.115 e. The van der Waals surface area contributed by atoms with Gasteiger partial charge in [-0.25, -0.2) is 0 Å². The summed E-state index contributed by atoms with van der Waals surface area (Å²) in [5, 5.41) is 9.06. The number of hydrogen-bond donors (Lipinski definition) is 1. The number of rotatable bonds is 2. The van der Waals surface area contributed by atoms with Gasteiger partial charge in [-0.3, -0.25) is 0 Å². The molecule has 0 aliphatic heterocycles. The Kier molecular flexibility index (Phi) is 2.73. The highest BCUT2D eigenvalue weighted by Crippen LogP contribution is 2.11. The van der Waals surface area contributed by atoms with Gasteiger partial charge in [-0.05, 0) is 23.8 Å². The molecule has 0 saturated carbocycles. The van der Waals surface area contributed by atoms with Gasteiger partial charge < -0.3 is 9.59 Å². The normalized spacial score (nSPS) is 12.2. The van der Waals surface area contributed by atoms with Gasteiger partial charge in [-0.2, -0.15) is 0 Å². The molecule has 0 atom stereocenters. The molecule has 0 amide bonds. The number of nitrogens with zero attached hydrogens (tertiary/aromatic N) is 1. The Balaban J connectivity index is 2.75. The van der Waals surface area contributed by atoms with Crippen LogP contribution in [-0.4, -0.2) is 30.7 Å². The van der Waals surface area contributed by atoms with Crippen molar-refractivity contribution in [1.29, 1.82) is 0 Å². The lowest BCUT2D eigenvalue weighted by atomic mass is 10.2. The monoisotopic (exact) mass is 178 g/mol. The molecule has 0 fully saturated rings. The number of aromatic hydroxyl groups is 1. The highest BCUT2D eigenvalue weighted by molar-refractivity contribution is 5.49. The third kappa shape index (κ3) is 3.76. The molecule has 0 aliphatic rings. The minimum absolute atomic E-state index is 0.308. The van der Waals surface area contributed by atoms with E-state index in [1.165, 1.54) is 0 Å². The Morgan fingerprint density at radius 3 is 2.08 bits per heavy atom. The minimum atomic E-state index is 0.308. The molecule has 1 N–H and O–H groups in total. The molecular formula is C11H16NO+. The number of phenols is 1. The second kappa shape index (κ2) is 3.62. The van der Waals surface area contributed by atoms with E-state index in [9.17, 15) is 0 Å². The lowest BCUT2D eigenvalue weighted by Crippen LogP contribution is -2.26. The van der Waals surface area contributed by atoms with Crippen LogP contribution in [0.5, 0.6) is 5.75 Å². The van der Waals surface area contributed by atoms with E-state index in [-0.39, 0.29) is 0 Å². The highest BCUT2D eigenvalue weighted by Gasteiger charge is 1.99. The molecule has 1 aromatic carbocycles. The Labute approximate surface area is 79.3 Å². The van der Waals surface area contributed by atoms with Crippen molar-refractivity contribution in [3.05, 3.63) is 36.0 Å². The summed E-state index contributed by atoms with van der Waals surface area (Å²) < 4.78 is 0.793. The van der Waals surface area contributed by atoms with E-state index >= 15 is 0 Å². The summed E-state index contributed by atoms with van der Waals surface area (Å²) in [6.45, 7) is 0. The van der Waals surface area contributed by atoms with Crippen LogP contribution in [0.1, 0.15) is 5.56 Å². The van der Waals surface area contributed by atoms with Crippen molar-refractivity contribution in [1.82, 2.24) is 0 Å². The average molecular weight is 178 g/mol. The first-order chi connectivity index (χ1) is 5.97. The molecule has 0 saturated heterocycles. The van der Waals surface area contributed by atoms with Crippen molar-refractivity contribution in [3.8, 4) is 5.75 Å². The van der Waals surface area contributed by atoms with Gasteiger partial charge in [0.2, 0.25) is 0 Å². The van der Waals surface area contributed by atoms with Crippen LogP contribution in [0.4, 0.5) is 0 Å². The van der Waals surface area contributed by atoms with Crippen LogP contribution >= 0.6 is 0 Å². The lowest BCUT2D eigenvalue weighted by molar-refractivity contribution is -0.816. The van der Waals surface area contributed by atoms with Gasteiger partial charge in [-0.15, -0.1) is 0 Å². The van der Waals surface area contributed by atoms with Gasteiger partial charge in [0.15, 0.2) is 0 Å². The predicted molar refractivity (Wildman–Crippen MR) is 55.2 cm³/mol. The van der Waals surface area contributed by atoms with E-state index in [0.29, 0.717) is 5.75 Å². The molecule has 0 aliphatic carbocycles. The molecule has 1 aromatic rings. The maximum absolute atomic E-state index is 9.06. The Hall–Kier alpha value is -1.28. The molecule has 13 heavy (non-hydrogen) atoms. The van der Waals surface area contributed by atoms with Gasteiger partial charge in [0.25, 0.3) is 0 Å². The second-order valence-electron chi connectivity index (χ2n) is 4.02. The molecule has 2 heteroatoms. The fourth-order valence-corrected chi connectivity index (χ4v) is 0.895. The van der Waals surface area contributed by atoms with Crippen molar-refractivity contribution in [2.45, 2.75) is 0 Å². The molecule has 0 unspecified atom stereocenters. The first-order valence-electron chi connectivity index (χ1n) is 4.27. The quantitative estimate of drug-likeness (QED) is 0.687. The van der Waals surface area contributed by atoms with Gasteiger partial charge in [0.1, 0.15) is 5.75 Å². The summed E-state index contributed by atoms with van der Waals surface area (Å²) in [6.07, 6.45) is 4.13. The van der Waals surface area contributed by atoms with Crippen molar-refractivity contribution in [3.63, 3.8) is 0 Å². The minimum Gasteiger partial charge on any atom is -0.508 e. The van der Waals surface area contributed by atoms with E-state index in [2.05, 4.69) is 27.3 Å². The summed E-state index contributed by atoms with van der Waals surface area (Å²) in [6, 6.07) is 7.16. The maximum atomic E-state index is 9.06. The summed E-state index contributed by atoms with van der Waals surface area (Å²) in [5.74, 6) is 0.308. The first kappa shape index (κ1) is 9.81. The number of quaternary nitrogens is 1. The summed E-state index contributed by atoms with van der Waals surface area (Å²) >= 11 is 0. The van der Waals surface area contributed by atoms with E-state index in [1.807, 2.05) is 18.2 Å². The van der Waals surface area contributed by atoms with Crippen LogP contribution in [0, 0.1) is 0 Å². The second-order valence-corrected chi connectivity index (χ2v) is 4.02. The third-order valence-corrected chi connectivity index (χ3v) is 1.61. The lowest BCUT2D eigenvalue weighted by Gasteiger charge is -2.17. The molecule has 0 bridgehead atoms. The van der Waals surface area contributed by atoms with Gasteiger partial charge in [-0.1, -0.05) is 12.1 Å². The van der Waals surface area contributed by atoms with E-state index in [1.54, 1.807) is 12.1 Å². The Bertz CT molecular complexity index is 293. The predicted octanol–water partition coefficient (Wildman–Crippen LogP) is 2.07.